The number of ether oxygens (including phenoxy) is 1. The van der Waals surface area contributed by atoms with E-state index < -0.39 is 0 Å². The molecule has 0 radical (unpaired) electrons. The van der Waals surface area contributed by atoms with Crippen molar-refractivity contribution >= 4 is 37.5 Å². The molecule has 1 aromatic heterocycles. The summed E-state index contributed by atoms with van der Waals surface area (Å²) in [7, 11) is 0. The first-order chi connectivity index (χ1) is 8.47. The quantitative estimate of drug-likeness (QED) is 0.785. The average molecular weight is 372 g/mol. The molecule has 0 saturated heterocycles. The first-order valence-corrected chi connectivity index (χ1v) is 6.91. The zero-order chi connectivity index (χ0) is 13.3. The molecule has 1 heterocycles. The Hall–Kier alpha value is -1.07. The minimum Gasteiger partial charge on any atom is -0.436 e. The third kappa shape index (κ3) is 2.84. The van der Waals surface area contributed by atoms with Gasteiger partial charge in [0.2, 0.25) is 5.88 Å². The lowest BCUT2D eigenvalue weighted by atomic mass is 10.2. The van der Waals surface area contributed by atoms with Crippen LogP contribution in [-0.2, 0) is 0 Å². The lowest BCUT2D eigenvalue weighted by Gasteiger charge is -2.12. The second-order valence-electron chi connectivity index (χ2n) is 4.02. The third-order valence-electron chi connectivity index (χ3n) is 2.46. The number of hydrogen-bond acceptors (Lipinski definition) is 3. The number of pyridine rings is 1. The van der Waals surface area contributed by atoms with E-state index in [2.05, 4.69) is 36.8 Å². The highest BCUT2D eigenvalue weighted by Gasteiger charge is 2.10. The van der Waals surface area contributed by atoms with E-state index in [1.165, 1.54) is 0 Å². The van der Waals surface area contributed by atoms with Crippen LogP contribution in [0.3, 0.4) is 0 Å². The van der Waals surface area contributed by atoms with Crippen molar-refractivity contribution < 1.29 is 4.74 Å². The molecule has 94 valence electrons. The molecule has 2 rings (SSSR count). The number of halogens is 2. The van der Waals surface area contributed by atoms with E-state index in [0.29, 0.717) is 17.3 Å². The van der Waals surface area contributed by atoms with Crippen molar-refractivity contribution in [2.45, 2.75) is 13.8 Å². The van der Waals surface area contributed by atoms with Gasteiger partial charge in [-0.15, -0.1) is 0 Å². The molecule has 0 atom stereocenters. The summed E-state index contributed by atoms with van der Waals surface area (Å²) in [5, 5.41) is 0. The van der Waals surface area contributed by atoms with E-state index >= 15 is 0 Å². The Morgan fingerprint density at radius 3 is 2.33 bits per heavy atom. The number of hydrogen-bond donors (Lipinski definition) is 1. The number of rotatable bonds is 2. The Labute approximate surface area is 123 Å². The highest BCUT2D eigenvalue weighted by atomic mass is 79.9. The molecule has 0 aliphatic rings. The molecule has 5 heteroatoms. The Bertz CT molecular complexity index is 577. The Balaban J connectivity index is 2.40. The molecule has 3 nitrogen and oxygen atoms in total. The smallest absolute Gasteiger partial charge is 0.222 e. The monoisotopic (exact) mass is 370 g/mol. The van der Waals surface area contributed by atoms with E-state index in [4.69, 9.17) is 10.5 Å². The summed E-state index contributed by atoms with van der Waals surface area (Å²) in [5.74, 6) is 1.21. The topological polar surface area (TPSA) is 48.1 Å². The van der Waals surface area contributed by atoms with Gasteiger partial charge < -0.3 is 10.5 Å². The van der Waals surface area contributed by atoms with E-state index in [-0.39, 0.29) is 0 Å². The van der Waals surface area contributed by atoms with Crippen LogP contribution in [0.5, 0.6) is 11.6 Å². The van der Waals surface area contributed by atoms with Gasteiger partial charge >= 0.3 is 0 Å². The summed E-state index contributed by atoms with van der Waals surface area (Å²) in [4.78, 5) is 4.24. The number of nitrogen functional groups attached to an aromatic ring is 1. The molecular weight excluding hydrogens is 360 g/mol. The minimum absolute atomic E-state index is 0.565. The normalized spacial score (nSPS) is 10.4. The number of anilines is 1. The zero-order valence-electron chi connectivity index (χ0n) is 10.00. The van der Waals surface area contributed by atoms with Gasteiger partial charge in [0, 0.05) is 20.7 Å². The maximum atomic E-state index is 5.96. The van der Waals surface area contributed by atoms with Crippen LogP contribution < -0.4 is 10.5 Å². The molecule has 0 fully saturated rings. The number of aryl methyl sites for hydroxylation is 2. The Morgan fingerprint density at radius 2 is 1.72 bits per heavy atom. The first-order valence-electron chi connectivity index (χ1n) is 5.33. The minimum atomic E-state index is 0.565. The second-order valence-corrected chi connectivity index (χ2v) is 5.85. The Morgan fingerprint density at radius 1 is 1.06 bits per heavy atom. The van der Waals surface area contributed by atoms with Crippen molar-refractivity contribution in [1.82, 2.24) is 4.98 Å². The fourth-order valence-electron chi connectivity index (χ4n) is 1.63. The molecule has 1 aromatic carbocycles. The zero-order valence-corrected chi connectivity index (χ0v) is 13.2. The van der Waals surface area contributed by atoms with Gasteiger partial charge in [0.1, 0.15) is 0 Å². The summed E-state index contributed by atoms with van der Waals surface area (Å²) in [5.41, 5.74) is 8.46. The third-order valence-corrected chi connectivity index (χ3v) is 3.36. The molecule has 0 bridgehead atoms. The van der Waals surface area contributed by atoms with Crippen molar-refractivity contribution in [2.24, 2.45) is 0 Å². The molecule has 0 aliphatic carbocycles. The molecule has 2 aromatic rings. The molecule has 0 amide bonds. The second kappa shape index (κ2) is 5.28. The number of nitrogens with two attached hydrogens (primary N) is 1. The largest absolute Gasteiger partial charge is 0.436 e. The highest BCUT2D eigenvalue weighted by Crippen LogP contribution is 2.34. The lowest BCUT2D eigenvalue weighted by Crippen LogP contribution is -1.97. The van der Waals surface area contributed by atoms with Crippen LogP contribution >= 0.6 is 31.9 Å². The number of nitrogens with zero attached hydrogens (tertiary/aromatic N) is 1. The van der Waals surface area contributed by atoms with Crippen molar-refractivity contribution in [2.75, 3.05) is 5.73 Å². The standard InChI is InChI=1S/C13H12Br2N2O/c1-7-3-9(14)5-11(16)12(7)18-13-8(2)4-10(15)6-17-13/h3-6H,16H2,1-2H3. The molecule has 0 saturated carbocycles. The summed E-state index contributed by atoms with van der Waals surface area (Å²) >= 11 is 6.77. The van der Waals surface area contributed by atoms with Crippen LogP contribution in [0.1, 0.15) is 11.1 Å². The van der Waals surface area contributed by atoms with Crippen molar-refractivity contribution in [3.8, 4) is 11.6 Å². The molecule has 0 aliphatic heterocycles. The summed E-state index contributed by atoms with van der Waals surface area (Å²) in [6.45, 7) is 3.89. The van der Waals surface area contributed by atoms with Gasteiger partial charge in [-0.25, -0.2) is 4.98 Å². The maximum absolute atomic E-state index is 5.96. The molecule has 0 spiro atoms. The van der Waals surface area contributed by atoms with Gasteiger partial charge in [-0.3, -0.25) is 0 Å². The van der Waals surface area contributed by atoms with E-state index in [9.17, 15) is 0 Å². The highest BCUT2D eigenvalue weighted by molar-refractivity contribution is 9.10. The maximum Gasteiger partial charge on any atom is 0.222 e. The summed E-state index contributed by atoms with van der Waals surface area (Å²) < 4.78 is 7.66. The number of benzene rings is 1. The average Bonchev–Trinajstić information content (AvgIpc) is 2.25. The van der Waals surface area contributed by atoms with Gasteiger partial charge in [0.05, 0.1) is 5.69 Å². The van der Waals surface area contributed by atoms with Crippen LogP contribution in [-0.4, -0.2) is 4.98 Å². The first kappa shape index (κ1) is 13.4. The fourth-order valence-corrected chi connectivity index (χ4v) is 2.66. The molecule has 0 unspecified atom stereocenters. The molecule has 18 heavy (non-hydrogen) atoms. The predicted octanol–water partition coefficient (Wildman–Crippen LogP) is 4.60. The predicted molar refractivity (Wildman–Crippen MR) is 80.0 cm³/mol. The van der Waals surface area contributed by atoms with Gasteiger partial charge in [-0.05, 0) is 53.5 Å². The van der Waals surface area contributed by atoms with Gasteiger partial charge in [0.25, 0.3) is 0 Å². The van der Waals surface area contributed by atoms with Crippen molar-refractivity contribution in [3.05, 3.63) is 44.5 Å². The van der Waals surface area contributed by atoms with Gasteiger partial charge in [-0.2, -0.15) is 0 Å². The molecule has 2 N–H and O–H groups in total. The van der Waals surface area contributed by atoms with E-state index in [1.54, 1.807) is 6.20 Å². The van der Waals surface area contributed by atoms with Crippen LogP contribution in [0.25, 0.3) is 0 Å². The SMILES string of the molecule is Cc1cc(Br)cnc1Oc1c(C)cc(Br)cc1N. The van der Waals surface area contributed by atoms with Crippen LogP contribution in [0.15, 0.2) is 33.3 Å². The fraction of sp³-hybridized carbons (Fsp3) is 0.154. The van der Waals surface area contributed by atoms with E-state index in [0.717, 1.165) is 20.1 Å². The van der Waals surface area contributed by atoms with Gasteiger partial charge in [0.15, 0.2) is 5.75 Å². The van der Waals surface area contributed by atoms with E-state index in [1.807, 2.05) is 32.0 Å². The van der Waals surface area contributed by atoms with Crippen molar-refractivity contribution in [1.29, 1.82) is 0 Å². The summed E-state index contributed by atoms with van der Waals surface area (Å²) in [6.07, 6.45) is 1.70. The van der Waals surface area contributed by atoms with Crippen LogP contribution in [0, 0.1) is 13.8 Å². The van der Waals surface area contributed by atoms with Crippen molar-refractivity contribution in [3.63, 3.8) is 0 Å². The van der Waals surface area contributed by atoms with Crippen LogP contribution in [0.4, 0.5) is 5.69 Å². The summed E-state index contributed by atoms with van der Waals surface area (Å²) in [6, 6.07) is 5.73. The Kier molecular flexibility index (Phi) is 3.92. The molecular formula is C13H12Br2N2O. The van der Waals surface area contributed by atoms with Gasteiger partial charge in [-0.1, -0.05) is 15.9 Å². The van der Waals surface area contributed by atoms with Crippen LogP contribution in [0.2, 0.25) is 0 Å². The number of aromatic nitrogens is 1. The lowest BCUT2D eigenvalue weighted by molar-refractivity contribution is 0.457.